The van der Waals surface area contributed by atoms with Crippen LogP contribution in [-0.4, -0.2) is 22.7 Å². The topological polar surface area (TPSA) is 75.4 Å². The average molecular weight is 324 g/mol. The van der Waals surface area contributed by atoms with Crippen LogP contribution in [0.5, 0.6) is 0 Å². The lowest BCUT2D eigenvalue weighted by Gasteiger charge is -2.13. The van der Waals surface area contributed by atoms with E-state index in [4.69, 9.17) is 4.52 Å². The predicted molar refractivity (Wildman–Crippen MR) is 78.9 cm³/mol. The third kappa shape index (κ3) is 3.92. The molecule has 2 rings (SSSR count). The number of aliphatic hydroxyl groups excluding tert-OH is 1. The molecule has 5 nitrogen and oxygen atoms in total. The van der Waals surface area contributed by atoms with Crippen LogP contribution in [0.15, 0.2) is 28.8 Å². The van der Waals surface area contributed by atoms with Crippen molar-refractivity contribution in [1.29, 1.82) is 0 Å². The second kappa shape index (κ2) is 7.32. The summed E-state index contributed by atoms with van der Waals surface area (Å²) in [5, 5.41) is 16.0. The Kier molecular flexibility index (Phi) is 5.44. The van der Waals surface area contributed by atoms with Gasteiger partial charge in [0.05, 0.1) is 11.3 Å². The number of nitrogens with one attached hydrogen (secondary N) is 1. The van der Waals surface area contributed by atoms with Crippen molar-refractivity contribution in [2.45, 2.75) is 32.3 Å². The van der Waals surface area contributed by atoms with Crippen molar-refractivity contribution in [2.75, 3.05) is 6.54 Å². The Labute approximate surface area is 132 Å². The first-order valence-corrected chi connectivity index (χ1v) is 7.30. The zero-order chi connectivity index (χ0) is 17.0. The first kappa shape index (κ1) is 17.1. The van der Waals surface area contributed by atoms with Crippen molar-refractivity contribution in [3.8, 4) is 0 Å². The minimum Gasteiger partial charge on any atom is -0.386 e. The molecule has 0 saturated carbocycles. The standard InChI is InChI=1S/C16H18F2N2O3/c1-3-9(2)12-7-14(23-20-12)16(22)19-8-13(21)15-10(17)5-4-6-11(15)18/h4-7,9,13,21H,3,8H2,1-2H3,(H,19,22)/t9-,13+/m1/s1. The van der Waals surface area contributed by atoms with Crippen molar-refractivity contribution in [1.82, 2.24) is 10.5 Å². The van der Waals surface area contributed by atoms with E-state index in [0.717, 1.165) is 18.6 Å². The average Bonchev–Trinajstić information content (AvgIpc) is 3.01. The Balaban J connectivity index is 2.00. The van der Waals surface area contributed by atoms with Crippen LogP contribution in [0.1, 0.15) is 54.1 Å². The molecule has 2 N–H and O–H groups in total. The minimum absolute atomic E-state index is 0.0125. The molecule has 0 fully saturated rings. The number of halogens is 2. The molecule has 0 radical (unpaired) electrons. The molecule has 0 aliphatic carbocycles. The zero-order valence-corrected chi connectivity index (χ0v) is 12.8. The van der Waals surface area contributed by atoms with Crippen molar-refractivity contribution in [3.63, 3.8) is 0 Å². The van der Waals surface area contributed by atoms with Gasteiger partial charge < -0.3 is 14.9 Å². The fraction of sp³-hybridized carbons (Fsp3) is 0.375. The van der Waals surface area contributed by atoms with Gasteiger partial charge in [0, 0.05) is 18.5 Å². The van der Waals surface area contributed by atoms with E-state index >= 15 is 0 Å². The van der Waals surface area contributed by atoms with Crippen molar-refractivity contribution in [3.05, 3.63) is 52.9 Å². The Morgan fingerprint density at radius 2 is 2.04 bits per heavy atom. The molecule has 0 aliphatic rings. The monoisotopic (exact) mass is 324 g/mol. The maximum Gasteiger partial charge on any atom is 0.290 e. The van der Waals surface area contributed by atoms with E-state index in [1.165, 1.54) is 12.1 Å². The number of nitrogens with zero attached hydrogens (tertiary/aromatic N) is 1. The quantitative estimate of drug-likeness (QED) is 0.857. The third-order valence-corrected chi connectivity index (χ3v) is 3.66. The number of aromatic nitrogens is 1. The lowest BCUT2D eigenvalue weighted by Crippen LogP contribution is -2.28. The molecule has 2 atom stereocenters. The third-order valence-electron chi connectivity index (χ3n) is 3.66. The Morgan fingerprint density at radius 3 is 2.65 bits per heavy atom. The molecule has 0 unspecified atom stereocenters. The van der Waals surface area contributed by atoms with Gasteiger partial charge in [-0.3, -0.25) is 4.79 Å². The van der Waals surface area contributed by atoms with Gasteiger partial charge in [-0.25, -0.2) is 8.78 Å². The molecule has 1 amide bonds. The van der Waals surface area contributed by atoms with Crippen LogP contribution < -0.4 is 5.32 Å². The molecule has 2 aromatic rings. The van der Waals surface area contributed by atoms with E-state index in [2.05, 4.69) is 10.5 Å². The van der Waals surface area contributed by atoms with Crippen LogP contribution in [0.25, 0.3) is 0 Å². The van der Waals surface area contributed by atoms with Gasteiger partial charge in [-0.1, -0.05) is 25.1 Å². The fourth-order valence-corrected chi connectivity index (χ4v) is 2.04. The van der Waals surface area contributed by atoms with Gasteiger partial charge in [0.2, 0.25) is 5.76 Å². The van der Waals surface area contributed by atoms with Gasteiger partial charge in [0.1, 0.15) is 17.7 Å². The normalized spacial score (nSPS) is 13.6. The number of hydrogen-bond acceptors (Lipinski definition) is 4. The molecule has 0 saturated heterocycles. The van der Waals surface area contributed by atoms with E-state index in [0.29, 0.717) is 5.69 Å². The van der Waals surface area contributed by atoms with E-state index in [1.807, 2.05) is 13.8 Å². The largest absolute Gasteiger partial charge is 0.386 e. The number of amides is 1. The van der Waals surface area contributed by atoms with Crippen LogP contribution in [0.3, 0.4) is 0 Å². The van der Waals surface area contributed by atoms with Crippen molar-refractivity contribution < 1.29 is 23.2 Å². The molecule has 0 bridgehead atoms. The summed E-state index contributed by atoms with van der Waals surface area (Å²) >= 11 is 0. The lowest BCUT2D eigenvalue weighted by atomic mass is 10.1. The van der Waals surface area contributed by atoms with Gasteiger partial charge >= 0.3 is 0 Å². The first-order valence-electron chi connectivity index (χ1n) is 7.30. The number of carbonyl (C=O) groups is 1. The molecule has 1 aromatic heterocycles. The molecule has 0 aliphatic heterocycles. The van der Waals surface area contributed by atoms with Crippen LogP contribution in [-0.2, 0) is 0 Å². The van der Waals surface area contributed by atoms with E-state index in [-0.39, 0.29) is 18.2 Å². The second-order valence-corrected chi connectivity index (χ2v) is 5.29. The maximum absolute atomic E-state index is 13.5. The molecular formula is C16H18F2N2O3. The van der Waals surface area contributed by atoms with Gasteiger partial charge in [-0.2, -0.15) is 0 Å². The highest BCUT2D eigenvalue weighted by Crippen LogP contribution is 2.21. The molecule has 124 valence electrons. The van der Waals surface area contributed by atoms with E-state index < -0.39 is 29.2 Å². The predicted octanol–water partition coefficient (Wildman–Crippen LogP) is 2.93. The van der Waals surface area contributed by atoms with Gasteiger partial charge in [-0.05, 0) is 18.6 Å². The summed E-state index contributed by atoms with van der Waals surface area (Å²) in [6.45, 7) is 3.58. The minimum atomic E-state index is -1.50. The molecule has 0 spiro atoms. The first-order chi connectivity index (χ1) is 10.9. The van der Waals surface area contributed by atoms with Crippen LogP contribution in [0, 0.1) is 11.6 Å². The number of hydrogen-bond donors (Lipinski definition) is 2. The van der Waals surface area contributed by atoms with E-state index in [1.54, 1.807) is 0 Å². The molecule has 23 heavy (non-hydrogen) atoms. The van der Waals surface area contributed by atoms with Gasteiger partial charge in [-0.15, -0.1) is 0 Å². The summed E-state index contributed by atoms with van der Waals surface area (Å²) in [7, 11) is 0. The summed E-state index contributed by atoms with van der Waals surface area (Å²) < 4.78 is 32.0. The Morgan fingerprint density at radius 1 is 1.39 bits per heavy atom. The number of benzene rings is 1. The summed E-state index contributed by atoms with van der Waals surface area (Å²) in [4.78, 5) is 11.9. The Bertz CT molecular complexity index is 667. The summed E-state index contributed by atoms with van der Waals surface area (Å²) in [5.74, 6) is -2.21. The second-order valence-electron chi connectivity index (χ2n) is 5.29. The highest BCUT2D eigenvalue weighted by molar-refractivity contribution is 5.91. The summed E-state index contributed by atoms with van der Waals surface area (Å²) in [5.41, 5.74) is 0.170. The van der Waals surface area contributed by atoms with Crippen molar-refractivity contribution in [2.24, 2.45) is 0 Å². The highest BCUT2D eigenvalue weighted by Gasteiger charge is 2.20. The highest BCUT2D eigenvalue weighted by atomic mass is 19.1. The van der Waals surface area contributed by atoms with E-state index in [9.17, 15) is 18.7 Å². The SMILES string of the molecule is CC[C@@H](C)c1cc(C(=O)NC[C@H](O)c2c(F)cccc2F)on1. The fourth-order valence-electron chi connectivity index (χ4n) is 2.04. The lowest BCUT2D eigenvalue weighted by molar-refractivity contribution is 0.0875. The smallest absolute Gasteiger partial charge is 0.290 e. The van der Waals surface area contributed by atoms with Crippen LogP contribution >= 0.6 is 0 Å². The number of carbonyl (C=O) groups excluding carboxylic acids is 1. The molecule has 7 heteroatoms. The molecule has 1 aromatic carbocycles. The van der Waals surface area contributed by atoms with Crippen molar-refractivity contribution >= 4 is 5.91 Å². The molecule has 1 heterocycles. The summed E-state index contributed by atoms with van der Waals surface area (Å²) in [6, 6.07) is 4.79. The van der Waals surface area contributed by atoms with Crippen LogP contribution in [0.2, 0.25) is 0 Å². The zero-order valence-electron chi connectivity index (χ0n) is 12.8. The number of rotatable bonds is 6. The number of aliphatic hydroxyl groups is 1. The summed E-state index contributed by atoms with van der Waals surface area (Å²) in [6.07, 6.45) is -0.657. The maximum atomic E-state index is 13.5. The van der Waals surface area contributed by atoms with Crippen LogP contribution in [0.4, 0.5) is 8.78 Å². The van der Waals surface area contributed by atoms with Gasteiger partial charge in [0.25, 0.3) is 5.91 Å². The van der Waals surface area contributed by atoms with Gasteiger partial charge in [0.15, 0.2) is 0 Å². The molecular weight excluding hydrogens is 306 g/mol. The Hall–Kier alpha value is -2.28.